The molecule has 1 fully saturated rings. The third kappa shape index (κ3) is 3.05. The van der Waals surface area contributed by atoms with Crippen LogP contribution in [0.1, 0.15) is 25.3 Å². The number of carboxylic acids is 1. The topological polar surface area (TPSA) is 87.6 Å². The molecule has 108 valence electrons. The molecule has 0 aromatic carbocycles. The van der Waals surface area contributed by atoms with Gasteiger partial charge in [0.05, 0.1) is 0 Å². The minimum Gasteiger partial charge on any atom is -0.478 e. The number of aromatic nitrogens is 1. The van der Waals surface area contributed by atoms with Gasteiger partial charge in [0, 0.05) is 31.1 Å². The third-order valence-electron chi connectivity index (χ3n) is 3.25. The largest absolute Gasteiger partial charge is 0.478 e. The average Bonchev–Trinajstić information content (AvgIpc) is 2.84. The molecule has 0 spiro atoms. The van der Waals surface area contributed by atoms with Gasteiger partial charge in [-0.2, -0.15) is 4.31 Å². The minimum absolute atomic E-state index is 0.0155. The van der Waals surface area contributed by atoms with E-state index in [1.807, 2.05) is 6.92 Å². The third-order valence-corrected chi connectivity index (χ3v) is 5.23. The van der Waals surface area contributed by atoms with Gasteiger partial charge in [0.15, 0.2) is 0 Å². The molecule has 1 aliphatic rings. The fourth-order valence-corrected chi connectivity index (χ4v) is 3.93. The highest BCUT2D eigenvalue weighted by atomic mass is 32.2. The second-order valence-corrected chi connectivity index (χ2v) is 6.62. The maximum absolute atomic E-state index is 12.5. The number of aliphatic carboxylic acids is 1. The molecule has 1 aliphatic heterocycles. The Kier molecular flexibility index (Phi) is 4.20. The molecule has 1 saturated heterocycles. The maximum Gasteiger partial charge on any atom is 0.328 e. The Hall–Kier alpha value is -1.73. The molecule has 2 heterocycles. The first kappa shape index (κ1) is 14.7. The molecule has 1 aromatic heterocycles. The van der Waals surface area contributed by atoms with Crippen molar-refractivity contribution in [3.05, 3.63) is 30.1 Å². The van der Waals surface area contributed by atoms with Crippen LogP contribution in [0.2, 0.25) is 0 Å². The molecule has 20 heavy (non-hydrogen) atoms. The quantitative estimate of drug-likeness (QED) is 0.847. The van der Waals surface area contributed by atoms with Gasteiger partial charge in [-0.15, -0.1) is 0 Å². The summed E-state index contributed by atoms with van der Waals surface area (Å²) in [6.07, 6.45) is 6.69. The van der Waals surface area contributed by atoms with Crippen LogP contribution in [0.25, 0.3) is 6.08 Å². The van der Waals surface area contributed by atoms with Crippen LogP contribution in [0, 0.1) is 0 Å². The summed E-state index contributed by atoms with van der Waals surface area (Å²) in [5.74, 6) is -1.09. The zero-order chi connectivity index (χ0) is 14.8. The number of carbonyl (C=O) groups is 1. The summed E-state index contributed by atoms with van der Waals surface area (Å²) in [5.41, 5.74) is 0.445. The summed E-state index contributed by atoms with van der Waals surface area (Å²) in [5, 5.41) is 8.58. The lowest BCUT2D eigenvalue weighted by atomic mass is 10.2. The van der Waals surface area contributed by atoms with Crippen molar-refractivity contribution in [1.82, 2.24) is 9.29 Å². The van der Waals surface area contributed by atoms with Crippen LogP contribution in [0.4, 0.5) is 0 Å². The summed E-state index contributed by atoms with van der Waals surface area (Å²) in [4.78, 5) is 14.4. The van der Waals surface area contributed by atoms with Crippen LogP contribution >= 0.6 is 0 Å². The normalized spacial score (nSPS) is 20.6. The van der Waals surface area contributed by atoms with Gasteiger partial charge in [-0.05, 0) is 37.5 Å². The molecule has 1 aromatic rings. The van der Waals surface area contributed by atoms with Gasteiger partial charge in [-0.1, -0.05) is 0 Å². The Bertz CT molecular complexity index is 640. The lowest BCUT2D eigenvalue weighted by Crippen LogP contribution is -2.33. The van der Waals surface area contributed by atoms with Gasteiger partial charge >= 0.3 is 5.97 Å². The summed E-state index contributed by atoms with van der Waals surface area (Å²) >= 11 is 0. The molecule has 6 nitrogen and oxygen atoms in total. The number of sulfonamides is 1. The van der Waals surface area contributed by atoms with E-state index in [-0.39, 0.29) is 10.9 Å². The first-order valence-corrected chi connectivity index (χ1v) is 7.73. The molecule has 1 unspecified atom stereocenters. The minimum atomic E-state index is -3.56. The monoisotopic (exact) mass is 296 g/mol. The predicted octanol–water partition coefficient (Wildman–Crippen LogP) is 1.35. The van der Waals surface area contributed by atoms with Gasteiger partial charge in [0.1, 0.15) is 4.90 Å². The average molecular weight is 296 g/mol. The van der Waals surface area contributed by atoms with E-state index in [2.05, 4.69) is 4.98 Å². The fourth-order valence-electron chi connectivity index (χ4n) is 2.23. The fraction of sp³-hybridized carbons (Fsp3) is 0.385. The van der Waals surface area contributed by atoms with Gasteiger partial charge in [0.2, 0.25) is 10.0 Å². The van der Waals surface area contributed by atoms with Crippen LogP contribution < -0.4 is 0 Å². The van der Waals surface area contributed by atoms with E-state index in [1.54, 1.807) is 0 Å². The lowest BCUT2D eigenvalue weighted by Gasteiger charge is -2.20. The van der Waals surface area contributed by atoms with Crippen molar-refractivity contribution < 1.29 is 18.3 Å². The zero-order valence-corrected chi connectivity index (χ0v) is 11.9. The van der Waals surface area contributed by atoms with Crippen molar-refractivity contribution in [3.8, 4) is 0 Å². The van der Waals surface area contributed by atoms with Gasteiger partial charge in [-0.3, -0.25) is 4.98 Å². The van der Waals surface area contributed by atoms with Crippen molar-refractivity contribution >= 4 is 22.1 Å². The van der Waals surface area contributed by atoms with E-state index in [4.69, 9.17) is 5.11 Å². The SMILES string of the molecule is CC1CCCN1S(=O)(=O)c1cncc(C=CC(=O)O)c1. The zero-order valence-electron chi connectivity index (χ0n) is 11.1. The molecule has 0 aliphatic carbocycles. The molecule has 2 rings (SSSR count). The Morgan fingerprint density at radius 3 is 2.85 bits per heavy atom. The Morgan fingerprint density at radius 2 is 2.25 bits per heavy atom. The molecule has 0 saturated carbocycles. The van der Waals surface area contributed by atoms with Crippen LogP contribution in [-0.2, 0) is 14.8 Å². The second kappa shape index (κ2) is 5.72. The molecule has 1 atom stereocenters. The highest BCUT2D eigenvalue weighted by molar-refractivity contribution is 7.89. The number of rotatable bonds is 4. The van der Waals surface area contributed by atoms with Crippen LogP contribution in [0.5, 0.6) is 0 Å². The van der Waals surface area contributed by atoms with Crippen molar-refractivity contribution in [2.45, 2.75) is 30.7 Å². The van der Waals surface area contributed by atoms with E-state index in [0.717, 1.165) is 18.9 Å². The van der Waals surface area contributed by atoms with E-state index in [1.165, 1.54) is 28.8 Å². The molecular formula is C13H16N2O4S. The molecule has 7 heteroatoms. The Morgan fingerprint density at radius 1 is 1.50 bits per heavy atom. The highest BCUT2D eigenvalue weighted by Gasteiger charge is 2.32. The summed E-state index contributed by atoms with van der Waals surface area (Å²) < 4.78 is 26.4. The van der Waals surface area contributed by atoms with Crippen molar-refractivity contribution in [2.75, 3.05) is 6.54 Å². The van der Waals surface area contributed by atoms with E-state index in [9.17, 15) is 13.2 Å². The number of pyridine rings is 1. The van der Waals surface area contributed by atoms with Gasteiger partial charge < -0.3 is 5.11 Å². The number of hydrogen-bond acceptors (Lipinski definition) is 4. The van der Waals surface area contributed by atoms with E-state index in [0.29, 0.717) is 12.1 Å². The molecule has 1 N–H and O–H groups in total. The Labute approximate surface area is 117 Å². The second-order valence-electron chi connectivity index (χ2n) is 4.73. The standard InChI is InChI=1S/C13H16N2O4S/c1-10-3-2-6-15(10)20(18,19)12-7-11(8-14-9-12)4-5-13(16)17/h4-5,7-10H,2-3,6H2,1H3,(H,16,17). The number of hydrogen-bond donors (Lipinski definition) is 1. The summed E-state index contributed by atoms with van der Waals surface area (Å²) in [6, 6.07) is 1.42. The predicted molar refractivity (Wildman–Crippen MR) is 73.5 cm³/mol. The van der Waals surface area contributed by atoms with Gasteiger partial charge in [0.25, 0.3) is 0 Å². The maximum atomic E-state index is 12.5. The van der Waals surface area contributed by atoms with Crippen LogP contribution in [-0.4, -0.2) is 41.4 Å². The van der Waals surface area contributed by atoms with E-state index >= 15 is 0 Å². The molecule has 0 radical (unpaired) electrons. The van der Waals surface area contributed by atoms with Crippen LogP contribution in [0.15, 0.2) is 29.4 Å². The Balaban J connectivity index is 2.33. The van der Waals surface area contributed by atoms with Crippen LogP contribution in [0.3, 0.4) is 0 Å². The first-order valence-electron chi connectivity index (χ1n) is 6.29. The highest BCUT2D eigenvalue weighted by Crippen LogP contribution is 2.25. The smallest absolute Gasteiger partial charge is 0.328 e. The van der Waals surface area contributed by atoms with Gasteiger partial charge in [-0.25, -0.2) is 13.2 Å². The van der Waals surface area contributed by atoms with E-state index < -0.39 is 16.0 Å². The summed E-state index contributed by atoms with van der Waals surface area (Å²) in [6.45, 7) is 2.39. The molecule has 0 bridgehead atoms. The van der Waals surface area contributed by atoms with Crippen molar-refractivity contribution in [1.29, 1.82) is 0 Å². The summed E-state index contributed by atoms with van der Waals surface area (Å²) in [7, 11) is -3.56. The number of nitrogens with zero attached hydrogens (tertiary/aromatic N) is 2. The van der Waals surface area contributed by atoms with Crippen molar-refractivity contribution in [2.24, 2.45) is 0 Å². The molecule has 0 amide bonds. The molecular weight excluding hydrogens is 280 g/mol. The van der Waals surface area contributed by atoms with Crippen molar-refractivity contribution in [3.63, 3.8) is 0 Å². The lowest BCUT2D eigenvalue weighted by molar-refractivity contribution is -0.131. The first-order chi connectivity index (χ1) is 9.41. The number of carboxylic acid groups (broad SMARTS) is 1.